The normalized spacial score (nSPS) is 13.0. The van der Waals surface area contributed by atoms with E-state index < -0.39 is 8.32 Å². The molecule has 96 valence electrons. The summed E-state index contributed by atoms with van der Waals surface area (Å²) in [6.07, 6.45) is 0. The van der Waals surface area contributed by atoms with Gasteiger partial charge in [-0.1, -0.05) is 55.4 Å². The van der Waals surface area contributed by atoms with Crippen molar-refractivity contribution in [3.05, 3.63) is 0 Å². The van der Waals surface area contributed by atoms with Crippen molar-refractivity contribution in [3.63, 3.8) is 0 Å². The van der Waals surface area contributed by atoms with Crippen LogP contribution in [-0.4, -0.2) is 14.3 Å². The van der Waals surface area contributed by atoms with E-state index in [2.05, 4.69) is 41.5 Å². The Bertz CT molecular complexity index is 210. The maximum Gasteiger partial charge on any atom is 0.295 e. The molecular weight excluding hydrogens is 216 g/mol. The van der Waals surface area contributed by atoms with Crippen LogP contribution in [0.4, 0.5) is 0 Å². The van der Waals surface area contributed by atoms with Gasteiger partial charge in [-0.05, 0) is 16.6 Å². The molecule has 2 nitrogen and oxygen atoms in total. The molecule has 0 amide bonds. The highest BCUT2D eigenvalue weighted by molar-refractivity contribution is 6.78. The van der Waals surface area contributed by atoms with Gasteiger partial charge < -0.3 is 4.43 Å². The smallest absolute Gasteiger partial charge is 0.295 e. The summed E-state index contributed by atoms with van der Waals surface area (Å²) >= 11 is 0. The highest BCUT2D eigenvalue weighted by Gasteiger charge is 2.48. The molecule has 0 unspecified atom stereocenters. The quantitative estimate of drug-likeness (QED) is 0.672. The summed E-state index contributed by atoms with van der Waals surface area (Å²) in [4.78, 5) is 11.9. The van der Waals surface area contributed by atoms with Crippen molar-refractivity contribution in [1.82, 2.24) is 0 Å². The fourth-order valence-corrected chi connectivity index (χ4v) is 7.94. The van der Waals surface area contributed by atoms with Crippen LogP contribution >= 0.6 is 0 Å². The summed E-state index contributed by atoms with van der Waals surface area (Å²) in [6, 6.07) is 0. The van der Waals surface area contributed by atoms with Gasteiger partial charge in [0.05, 0.1) is 0 Å². The number of rotatable bonds is 5. The lowest BCUT2D eigenvalue weighted by Crippen LogP contribution is -2.49. The van der Waals surface area contributed by atoms with Crippen molar-refractivity contribution in [2.24, 2.45) is 5.92 Å². The maximum atomic E-state index is 11.9. The van der Waals surface area contributed by atoms with Crippen LogP contribution in [0.1, 0.15) is 55.4 Å². The fraction of sp³-hybridized carbons (Fsp3) is 0.923. The Labute approximate surface area is 102 Å². The van der Waals surface area contributed by atoms with Crippen LogP contribution in [0.15, 0.2) is 0 Å². The first kappa shape index (κ1) is 15.7. The van der Waals surface area contributed by atoms with Gasteiger partial charge in [-0.2, -0.15) is 0 Å². The predicted molar refractivity (Wildman–Crippen MR) is 72.0 cm³/mol. The molecule has 0 aromatic rings. The molecule has 0 saturated heterocycles. The molecule has 0 aliphatic heterocycles. The van der Waals surface area contributed by atoms with E-state index in [4.69, 9.17) is 4.43 Å². The van der Waals surface area contributed by atoms with Gasteiger partial charge in [0.1, 0.15) is 0 Å². The second kappa shape index (κ2) is 5.85. The topological polar surface area (TPSA) is 26.3 Å². The Morgan fingerprint density at radius 3 is 1.31 bits per heavy atom. The Morgan fingerprint density at radius 2 is 1.12 bits per heavy atom. The number of hydrogen-bond donors (Lipinski definition) is 0. The first-order chi connectivity index (χ1) is 7.16. The molecule has 3 heteroatoms. The first-order valence-electron chi connectivity index (χ1n) is 6.39. The number of carbonyl (C=O) groups is 1. The molecule has 0 rings (SSSR count). The van der Waals surface area contributed by atoms with Gasteiger partial charge in [-0.15, -0.1) is 0 Å². The molecule has 0 aliphatic rings. The standard InChI is InChI=1S/C13H28O2Si/c1-9(2)13(14)15-16(10(3)4,11(5)6)12(7)8/h9-12H,1-8H3. The van der Waals surface area contributed by atoms with Crippen LogP contribution in [0.2, 0.25) is 16.6 Å². The largest absolute Gasteiger partial charge is 0.518 e. The van der Waals surface area contributed by atoms with Crippen molar-refractivity contribution >= 4 is 14.3 Å². The molecule has 0 aromatic heterocycles. The number of hydrogen-bond acceptors (Lipinski definition) is 2. The second-order valence-electron chi connectivity index (χ2n) is 5.89. The minimum absolute atomic E-state index is 0.0249. The van der Waals surface area contributed by atoms with Crippen molar-refractivity contribution < 1.29 is 9.22 Å². The highest BCUT2D eigenvalue weighted by atomic mass is 28.4. The van der Waals surface area contributed by atoms with Gasteiger partial charge >= 0.3 is 0 Å². The Morgan fingerprint density at radius 1 is 0.812 bits per heavy atom. The van der Waals surface area contributed by atoms with Crippen molar-refractivity contribution in [2.75, 3.05) is 0 Å². The molecule has 0 fully saturated rings. The predicted octanol–water partition coefficient (Wildman–Crippen LogP) is 4.36. The van der Waals surface area contributed by atoms with Crippen LogP contribution in [0.25, 0.3) is 0 Å². The SMILES string of the molecule is CC(C)C(=O)O[Si](C(C)C)(C(C)C)C(C)C. The minimum Gasteiger partial charge on any atom is -0.518 e. The minimum atomic E-state index is -2.00. The highest BCUT2D eigenvalue weighted by Crippen LogP contribution is 2.42. The maximum absolute atomic E-state index is 11.9. The van der Waals surface area contributed by atoms with E-state index in [1.807, 2.05) is 13.8 Å². The van der Waals surface area contributed by atoms with Crippen LogP contribution in [0.5, 0.6) is 0 Å². The molecule has 0 spiro atoms. The van der Waals surface area contributed by atoms with Gasteiger partial charge in [0.25, 0.3) is 14.3 Å². The Hall–Kier alpha value is -0.313. The summed E-state index contributed by atoms with van der Waals surface area (Å²) in [5.41, 5.74) is 1.40. The lowest BCUT2D eigenvalue weighted by molar-refractivity contribution is -0.139. The summed E-state index contributed by atoms with van der Waals surface area (Å²) in [5, 5.41) is 0. The summed E-state index contributed by atoms with van der Waals surface area (Å²) in [7, 11) is -2.00. The van der Waals surface area contributed by atoms with Gasteiger partial charge in [0.2, 0.25) is 0 Å². The van der Waals surface area contributed by atoms with Crippen LogP contribution < -0.4 is 0 Å². The van der Waals surface area contributed by atoms with Crippen molar-refractivity contribution in [1.29, 1.82) is 0 Å². The van der Waals surface area contributed by atoms with Gasteiger partial charge in [-0.25, -0.2) is 0 Å². The third-order valence-corrected chi connectivity index (χ3v) is 9.42. The molecule has 0 N–H and O–H groups in total. The molecule has 0 saturated carbocycles. The molecule has 0 radical (unpaired) electrons. The van der Waals surface area contributed by atoms with Crippen LogP contribution in [-0.2, 0) is 9.22 Å². The Balaban J connectivity index is 5.13. The molecule has 0 bridgehead atoms. The monoisotopic (exact) mass is 244 g/mol. The van der Waals surface area contributed by atoms with Crippen molar-refractivity contribution in [3.8, 4) is 0 Å². The Kier molecular flexibility index (Phi) is 5.74. The van der Waals surface area contributed by atoms with E-state index in [1.54, 1.807) is 0 Å². The van der Waals surface area contributed by atoms with E-state index in [0.717, 1.165) is 0 Å². The van der Waals surface area contributed by atoms with Gasteiger partial charge in [0.15, 0.2) is 0 Å². The molecule has 0 aromatic carbocycles. The van der Waals surface area contributed by atoms with E-state index in [1.165, 1.54) is 0 Å². The average Bonchev–Trinajstić information content (AvgIpc) is 2.11. The lowest BCUT2D eigenvalue weighted by atomic mass is 10.2. The third-order valence-electron chi connectivity index (χ3n) is 3.46. The lowest BCUT2D eigenvalue weighted by Gasteiger charge is -2.41. The molecule has 0 heterocycles. The van der Waals surface area contributed by atoms with E-state index in [9.17, 15) is 4.79 Å². The molecule has 0 aliphatic carbocycles. The van der Waals surface area contributed by atoms with E-state index in [-0.39, 0.29) is 11.9 Å². The van der Waals surface area contributed by atoms with Crippen molar-refractivity contribution in [2.45, 2.75) is 72.0 Å². The van der Waals surface area contributed by atoms with Gasteiger partial charge in [0, 0.05) is 5.92 Å². The van der Waals surface area contributed by atoms with Gasteiger partial charge in [-0.3, -0.25) is 4.79 Å². The summed E-state index contributed by atoms with van der Waals surface area (Å²) in [5.74, 6) is -0.0501. The summed E-state index contributed by atoms with van der Waals surface area (Å²) in [6.45, 7) is 17.0. The van der Waals surface area contributed by atoms with E-state index in [0.29, 0.717) is 16.6 Å². The summed E-state index contributed by atoms with van der Waals surface area (Å²) < 4.78 is 5.98. The number of carbonyl (C=O) groups excluding carboxylic acids is 1. The molecule has 16 heavy (non-hydrogen) atoms. The van der Waals surface area contributed by atoms with E-state index >= 15 is 0 Å². The second-order valence-corrected chi connectivity index (χ2v) is 11.3. The zero-order valence-corrected chi connectivity index (χ0v) is 13.1. The zero-order valence-electron chi connectivity index (χ0n) is 12.1. The fourth-order valence-electron chi connectivity index (χ4n) is 2.65. The van der Waals surface area contributed by atoms with Crippen LogP contribution in [0, 0.1) is 5.92 Å². The third kappa shape index (κ3) is 3.09. The average molecular weight is 244 g/mol. The first-order valence-corrected chi connectivity index (χ1v) is 8.53. The zero-order chi connectivity index (χ0) is 13.1. The molecular formula is C13H28O2Si. The van der Waals surface area contributed by atoms with Crippen LogP contribution in [0.3, 0.4) is 0 Å². The molecule has 0 atom stereocenters.